The summed E-state index contributed by atoms with van der Waals surface area (Å²) in [5, 5.41) is 0. The van der Waals surface area contributed by atoms with E-state index in [0.29, 0.717) is 0 Å². The first-order valence-electron chi connectivity index (χ1n) is 5.42. The zero-order valence-corrected chi connectivity index (χ0v) is 9.75. The molecule has 2 heteroatoms. The summed E-state index contributed by atoms with van der Waals surface area (Å²) in [7, 11) is -1.44. The van der Waals surface area contributed by atoms with Gasteiger partial charge in [-0.15, -0.1) is 0 Å². The minimum absolute atomic E-state index is 0.907. The first-order valence-corrected chi connectivity index (χ1v) is 8.41. The zero-order chi connectivity index (χ0) is 9.47. The van der Waals surface area contributed by atoms with Crippen molar-refractivity contribution in [2.24, 2.45) is 11.8 Å². The van der Waals surface area contributed by atoms with Crippen molar-refractivity contribution in [1.82, 2.24) is 0 Å². The van der Waals surface area contributed by atoms with Gasteiger partial charge in [0.1, 0.15) is 0 Å². The van der Waals surface area contributed by atoms with Crippen LogP contribution in [0, 0.1) is 11.8 Å². The molecule has 2 rings (SSSR count). The molecule has 0 amide bonds. The maximum absolute atomic E-state index is 5.77. The van der Waals surface area contributed by atoms with Gasteiger partial charge in [0.2, 0.25) is 8.32 Å². The van der Waals surface area contributed by atoms with Crippen LogP contribution in [0.2, 0.25) is 18.6 Å². The van der Waals surface area contributed by atoms with Crippen molar-refractivity contribution in [3.05, 3.63) is 12.8 Å². The lowest BCUT2D eigenvalue weighted by Crippen LogP contribution is -2.37. The van der Waals surface area contributed by atoms with Gasteiger partial charge in [-0.1, -0.05) is 19.4 Å². The molecule has 0 aromatic rings. The molecule has 0 aromatic heterocycles. The van der Waals surface area contributed by atoms with Gasteiger partial charge in [0.05, 0.1) is 6.26 Å². The highest BCUT2D eigenvalue weighted by Crippen LogP contribution is 2.55. The Morgan fingerprint density at radius 3 is 2.54 bits per heavy atom. The van der Waals surface area contributed by atoms with E-state index in [1.807, 2.05) is 0 Å². The number of hydrogen-bond acceptors (Lipinski definition) is 1. The van der Waals surface area contributed by atoms with Crippen molar-refractivity contribution >= 4 is 8.32 Å². The van der Waals surface area contributed by atoms with E-state index in [2.05, 4.69) is 19.7 Å². The summed E-state index contributed by atoms with van der Waals surface area (Å²) in [6, 6.07) is 0. The minimum atomic E-state index is -1.44. The molecule has 13 heavy (non-hydrogen) atoms. The van der Waals surface area contributed by atoms with Crippen LogP contribution in [0.3, 0.4) is 0 Å². The van der Waals surface area contributed by atoms with Gasteiger partial charge < -0.3 is 4.43 Å². The van der Waals surface area contributed by atoms with Gasteiger partial charge in [0.25, 0.3) is 0 Å². The predicted octanol–water partition coefficient (Wildman–Crippen LogP) is 3.54. The first-order chi connectivity index (χ1) is 6.13. The standard InChI is InChI=1S/C11H20OSi/c1-4-12-13(2,3)11-8-9-5-6-10(11)7-9/h4,9-11H,1,5-8H2,2-3H3. The largest absolute Gasteiger partial charge is 0.550 e. The molecule has 3 unspecified atom stereocenters. The molecule has 0 heterocycles. The molecule has 0 spiro atoms. The average molecular weight is 196 g/mol. The van der Waals surface area contributed by atoms with Crippen molar-refractivity contribution in [3.63, 3.8) is 0 Å². The van der Waals surface area contributed by atoms with E-state index in [1.165, 1.54) is 25.7 Å². The first kappa shape index (κ1) is 9.32. The minimum Gasteiger partial charge on any atom is -0.550 e. The van der Waals surface area contributed by atoms with E-state index >= 15 is 0 Å². The molecule has 0 aliphatic heterocycles. The molecule has 0 N–H and O–H groups in total. The summed E-state index contributed by atoms with van der Waals surface area (Å²) in [5.41, 5.74) is 0.907. The van der Waals surface area contributed by atoms with Gasteiger partial charge in [-0.25, -0.2) is 0 Å². The molecule has 0 saturated heterocycles. The van der Waals surface area contributed by atoms with Crippen molar-refractivity contribution < 1.29 is 4.43 Å². The van der Waals surface area contributed by atoms with Gasteiger partial charge in [0.15, 0.2) is 0 Å². The van der Waals surface area contributed by atoms with Crippen molar-refractivity contribution in [2.45, 2.75) is 44.3 Å². The van der Waals surface area contributed by atoms with Gasteiger partial charge in [-0.3, -0.25) is 0 Å². The molecule has 2 aliphatic carbocycles. The van der Waals surface area contributed by atoms with Crippen LogP contribution in [0.25, 0.3) is 0 Å². The Bertz CT molecular complexity index is 212. The molecular formula is C11H20OSi. The van der Waals surface area contributed by atoms with Crippen LogP contribution in [0.4, 0.5) is 0 Å². The monoisotopic (exact) mass is 196 g/mol. The third-order valence-corrected chi connectivity index (χ3v) is 7.29. The van der Waals surface area contributed by atoms with Gasteiger partial charge >= 0.3 is 0 Å². The van der Waals surface area contributed by atoms with Crippen LogP contribution in [0.15, 0.2) is 12.8 Å². The summed E-state index contributed by atoms with van der Waals surface area (Å²) in [4.78, 5) is 0. The lowest BCUT2D eigenvalue weighted by atomic mass is 10.0. The Labute approximate surface area is 82.3 Å². The fourth-order valence-electron chi connectivity index (χ4n) is 3.40. The molecule has 0 radical (unpaired) electrons. The normalized spacial score (nSPS) is 37.8. The smallest absolute Gasteiger partial charge is 0.247 e. The lowest BCUT2D eigenvalue weighted by molar-refractivity contribution is 0.394. The quantitative estimate of drug-likeness (QED) is 0.495. The third-order valence-electron chi connectivity index (χ3n) is 4.02. The second kappa shape index (κ2) is 3.16. The van der Waals surface area contributed by atoms with Crippen LogP contribution in [-0.4, -0.2) is 8.32 Å². The third kappa shape index (κ3) is 1.56. The topological polar surface area (TPSA) is 9.23 Å². The molecule has 2 saturated carbocycles. The zero-order valence-electron chi connectivity index (χ0n) is 8.75. The highest BCUT2D eigenvalue weighted by atomic mass is 28.4. The Balaban J connectivity index is 2.04. The molecule has 2 aliphatic rings. The van der Waals surface area contributed by atoms with Gasteiger partial charge in [-0.05, 0) is 43.3 Å². The van der Waals surface area contributed by atoms with E-state index in [9.17, 15) is 0 Å². The summed E-state index contributed by atoms with van der Waals surface area (Å²) in [6.45, 7) is 8.39. The van der Waals surface area contributed by atoms with Crippen LogP contribution in [0.1, 0.15) is 25.7 Å². The molecule has 1 nitrogen and oxygen atoms in total. The van der Waals surface area contributed by atoms with Crippen LogP contribution >= 0.6 is 0 Å². The number of hydrogen-bond donors (Lipinski definition) is 0. The summed E-state index contributed by atoms with van der Waals surface area (Å²) >= 11 is 0. The Hall–Kier alpha value is -0.243. The SMILES string of the molecule is C=CO[Si](C)(C)C1CC2CCC1C2. The Kier molecular flexibility index (Phi) is 2.26. The Morgan fingerprint density at radius 2 is 2.08 bits per heavy atom. The van der Waals surface area contributed by atoms with Crippen molar-refractivity contribution in [1.29, 1.82) is 0 Å². The summed E-state index contributed by atoms with van der Waals surface area (Å²) < 4.78 is 5.77. The lowest BCUT2D eigenvalue weighted by Gasteiger charge is -2.34. The van der Waals surface area contributed by atoms with E-state index in [-0.39, 0.29) is 0 Å². The maximum Gasteiger partial charge on any atom is 0.247 e. The molecule has 0 aromatic carbocycles. The molecule has 3 atom stereocenters. The van der Waals surface area contributed by atoms with E-state index in [4.69, 9.17) is 4.43 Å². The average Bonchev–Trinajstić information content (AvgIpc) is 2.63. The highest BCUT2D eigenvalue weighted by Gasteiger charge is 2.49. The fourth-order valence-corrected chi connectivity index (χ4v) is 6.34. The fraction of sp³-hybridized carbons (Fsp3) is 0.818. The second-order valence-electron chi connectivity index (χ2n) is 5.17. The second-order valence-corrected chi connectivity index (χ2v) is 9.35. The van der Waals surface area contributed by atoms with Crippen molar-refractivity contribution in [2.75, 3.05) is 0 Å². The van der Waals surface area contributed by atoms with Crippen molar-refractivity contribution in [3.8, 4) is 0 Å². The summed E-state index contributed by atoms with van der Waals surface area (Å²) in [6.07, 6.45) is 7.55. The number of rotatable bonds is 3. The molecule has 2 fully saturated rings. The molecule has 74 valence electrons. The van der Waals surface area contributed by atoms with Gasteiger partial charge in [-0.2, -0.15) is 0 Å². The predicted molar refractivity (Wildman–Crippen MR) is 58.0 cm³/mol. The van der Waals surface area contributed by atoms with Gasteiger partial charge in [0, 0.05) is 0 Å². The highest BCUT2D eigenvalue weighted by molar-refractivity contribution is 6.73. The van der Waals surface area contributed by atoms with Crippen LogP contribution < -0.4 is 0 Å². The van der Waals surface area contributed by atoms with Crippen LogP contribution in [-0.2, 0) is 4.43 Å². The Morgan fingerprint density at radius 1 is 1.31 bits per heavy atom. The van der Waals surface area contributed by atoms with Crippen LogP contribution in [0.5, 0.6) is 0 Å². The molecule has 2 bridgehead atoms. The van der Waals surface area contributed by atoms with E-state index in [1.54, 1.807) is 6.26 Å². The van der Waals surface area contributed by atoms with E-state index < -0.39 is 8.32 Å². The summed E-state index contributed by atoms with van der Waals surface area (Å²) in [5.74, 6) is 2.03. The van der Waals surface area contributed by atoms with E-state index in [0.717, 1.165) is 17.4 Å². The molecular weight excluding hydrogens is 176 g/mol. The maximum atomic E-state index is 5.77. The number of fused-ring (bicyclic) bond motifs is 2.